The number of aryl methyl sites for hydroxylation is 1. The summed E-state index contributed by atoms with van der Waals surface area (Å²) in [5.74, 6) is 0. The van der Waals surface area contributed by atoms with Crippen molar-refractivity contribution >= 4 is 0 Å². The zero-order valence-electron chi connectivity index (χ0n) is 13.0. The van der Waals surface area contributed by atoms with Crippen molar-refractivity contribution in [2.75, 3.05) is 0 Å². The quantitative estimate of drug-likeness (QED) is 0.708. The molecule has 0 amide bonds. The van der Waals surface area contributed by atoms with Crippen LogP contribution in [0.2, 0.25) is 0 Å². The Morgan fingerprint density at radius 2 is 1.41 bits per heavy atom. The van der Waals surface area contributed by atoms with E-state index in [1.54, 1.807) is 0 Å². The Labute approximate surface area is 106 Å². The molecule has 0 fully saturated rings. The third-order valence-corrected chi connectivity index (χ3v) is 3.03. The van der Waals surface area contributed by atoms with Crippen molar-refractivity contribution in [2.24, 2.45) is 0 Å². The molecule has 0 bridgehead atoms. The molecule has 0 aliphatic rings. The molecule has 1 aromatic heterocycles. The predicted octanol–water partition coefficient (Wildman–Crippen LogP) is 4.37. The van der Waals surface area contributed by atoms with Gasteiger partial charge in [-0.1, -0.05) is 41.5 Å². The first-order valence-electron chi connectivity index (χ1n) is 6.56. The van der Waals surface area contributed by atoms with Crippen molar-refractivity contribution in [2.45, 2.75) is 79.2 Å². The fraction of sp³-hybridized carbons (Fsp3) is 0.800. The number of nitrogens with zero attached hydrogens (tertiary/aromatic N) is 2. The molecule has 0 saturated heterocycles. The average molecular weight is 236 g/mol. The van der Waals surface area contributed by atoms with Crippen LogP contribution in [0, 0.1) is 6.92 Å². The lowest BCUT2D eigenvalue weighted by Gasteiger charge is -2.29. The highest BCUT2D eigenvalue weighted by Crippen LogP contribution is 2.37. The van der Waals surface area contributed by atoms with E-state index < -0.39 is 0 Å². The first-order valence-corrected chi connectivity index (χ1v) is 6.56. The summed E-state index contributed by atoms with van der Waals surface area (Å²) < 4.78 is 2.20. The Morgan fingerprint density at radius 3 is 1.71 bits per heavy atom. The summed E-state index contributed by atoms with van der Waals surface area (Å²) in [6.45, 7) is 20.2. The standard InChI is InChI=1S/C15H28N2/c1-10(2)17-13(15(7,8)9)12(11(3)16-17)14(4,5)6/h10H,1-9H3. The van der Waals surface area contributed by atoms with Gasteiger partial charge in [-0.3, -0.25) is 4.68 Å². The molecule has 0 atom stereocenters. The highest BCUT2D eigenvalue weighted by atomic mass is 15.3. The van der Waals surface area contributed by atoms with Crippen LogP contribution < -0.4 is 0 Å². The lowest BCUT2D eigenvalue weighted by Crippen LogP contribution is -2.25. The van der Waals surface area contributed by atoms with Crippen LogP contribution in [0.4, 0.5) is 0 Å². The largest absolute Gasteiger partial charge is 0.266 e. The topological polar surface area (TPSA) is 17.8 Å². The second kappa shape index (κ2) is 4.15. The van der Waals surface area contributed by atoms with E-state index in [2.05, 4.69) is 67.0 Å². The summed E-state index contributed by atoms with van der Waals surface area (Å²) in [7, 11) is 0. The van der Waals surface area contributed by atoms with Gasteiger partial charge in [0.2, 0.25) is 0 Å². The van der Waals surface area contributed by atoms with Gasteiger partial charge >= 0.3 is 0 Å². The van der Waals surface area contributed by atoms with E-state index in [0.29, 0.717) is 6.04 Å². The second-order valence-electron chi connectivity index (χ2n) is 7.35. The molecule has 98 valence electrons. The molecular formula is C15H28N2. The van der Waals surface area contributed by atoms with Crippen LogP contribution in [-0.4, -0.2) is 9.78 Å². The van der Waals surface area contributed by atoms with Gasteiger partial charge in [0.05, 0.1) is 5.69 Å². The van der Waals surface area contributed by atoms with Crippen LogP contribution in [0.15, 0.2) is 0 Å². The van der Waals surface area contributed by atoms with Crippen molar-refractivity contribution in [3.05, 3.63) is 17.0 Å². The molecule has 0 unspecified atom stereocenters. The first-order chi connectivity index (χ1) is 7.46. The third kappa shape index (κ3) is 2.72. The molecular weight excluding hydrogens is 208 g/mol. The average Bonchev–Trinajstić information content (AvgIpc) is 2.40. The molecule has 1 rings (SSSR count). The lowest BCUT2D eigenvalue weighted by molar-refractivity contribution is 0.433. The maximum Gasteiger partial charge on any atom is 0.0634 e. The number of hydrogen-bond acceptors (Lipinski definition) is 1. The Morgan fingerprint density at radius 1 is 0.941 bits per heavy atom. The third-order valence-electron chi connectivity index (χ3n) is 3.03. The Hall–Kier alpha value is -0.790. The molecule has 2 nitrogen and oxygen atoms in total. The van der Waals surface area contributed by atoms with Crippen LogP contribution in [0.5, 0.6) is 0 Å². The van der Waals surface area contributed by atoms with Crippen molar-refractivity contribution in [1.29, 1.82) is 0 Å². The molecule has 0 aliphatic heterocycles. The van der Waals surface area contributed by atoms with Crippen LogP contribution in [0.1, 0.15) is 78.4 Å². The van der Waals surface area contributed by atoms with E-state index in [4.69, 9.17) is 5.10 Å². The molecule has 0 aliphatic carbocycles. The second-order valence-corrected chi connectivity index (χ2v) is 7.35. The van der Waals surface area contributed by atoms with Gasteiger partial charge in [0, 0.05) is 22.7 Å². The zero-order valence-corrected chi connectivity index (χ0v) is 13.0. The first kappa shape index (κ1) is 14.3. The molecule has 0 N–H and O–H groups in total. The van der Waals surface area contributed by atoms with Gasteiger partial charge in [-0.25, -0.2) is 0 Å². The minimum absolute atomic E-state index is 0.133. The van der Waals surface area contributed by atoms with E-state index in [1.165, 1.54) is 17.0 Å². The van der Waals surface area contributed by atoms with Gasteiger partial charge in [0.1, 0.15) is 0 Å². The van der Waals surface area contributed by atoms with Gasteiger partial charge in [-0.15, -0.1) is 0 Å². The van der Waals surface area contributed by atoms with Crippen molar-refractivity contribution in [3.8, 4) is 0 Å². The normalized spacial score (nSPS) is 13.5. The summed E-state index contributed by atoms with van der Waals surface area (Å²) >= 11 is 0. The molecule has 0 spiro atoms. The zero-order chi connectivity index (χ0) is 13.6. The Kier molecular flexibility index (Phi) is 3.48. The maximum atomic E-state index is 4.76. The molecule has 0 radical (unpaired) electrons. The lowest BCUT2D eigenvalue weighted by atomic mass is 9.78. The van der Waals surface area contributed by atoms with E-state index in [1.807, 2.05) is 0 Å². The van der Waals surface area contributed by atoms with Gasteiger partial charge in [-0.05, 0) is 26.2 Å². The SMILES string of the molecule is Cc1nn(C(C)C)c(C(C)(C)C)c1C(C)(C)C. The van der Waals surface area contributed by atoms with Crippen molar-refractivity contribution < 1.29 is 0 Å². The van der Waals surface area contributed by atoms with E-state index in [0.717, 1.165) is 0 Å². The minimum atomic E-state index is 0.133. The van der Waals surface area contributed by atoms with Crippen molar-refractivity contribution in [3.63, 3.8) is 0 Å². The van der Waals surface area contributed by atoms with Crippen LogP contribution >= 0.6 is 0 Å². The summed E-state index contributed by atoms with van der Waals surface area (Å²) in [4.78, 5) is 0. The monoisotopic (exact) mass is 236 g/mol. The van der Waals surface area contributed by atoms with E-state index in [9.17, 15) is 0 Å². The molecule has 0 aromatic carbocycles. The van der Waals surface area contributed by atoms with E-state index >= 15 is 0 Å². The minimum Gasteiger partial charge on any atom is -0.266 e. The van der Waals surface area contributed by atoms with Crippen LogP contribution in [0.25, 0.3) is 0 Å². The summed E-state index contributed by atoms with van der Waals surface area (Å²) in [5, 5.41) is 4.76. The van der Waals surface area contributed by atoms with Crippen LogP contribution in [-0.2, 0) is 10.8 Å². The van der Waals surface area contributed by atoms with Gasteiger partial charge in [0.15, 0.2) is 0 Å². The number of hydrogen-bond donors (Lipinski definition) is 0. The number of rotatable bonds is 1. The smallest absolute Gasteiger partial charge is 0.0634 e. The van der Waals surface area contributed by atoms with E-state index in [-0.39, 0.29) is 10.8 Å². The Balaban J connectivity index is 3.61. The van der Waals surface area contributed by atoms with Gasteiger partial charge in [-0.2, -0.15) is 5.10 Å². The van der Waals surface area contributed by atoms with Crippen molar-refractivity contribution in [1.82, 2.24) is 9.78 Å². The molecule has 0 saturated carbocycles. The van der Waals surface area contributed by atoms with Gasteiger partial charge < -0.3 is 0 Å². The predicted molar refractivity (Wildman–Crippen MR) is 74.7 cm³/mol. The molecule has 17 heavy (non-hydrogen) atoms. The summed E-state index contributed by atoms with van der Waals surface area (Å²) in [6.07, 6.45) is 0. The molecule has 1 heterocycles. The highest BCUT2D eigenvalue weighted by Gasteiger charge is 2.32. The maximum absolute atomic E-state index is 4.76. The number of aromatic nitrogens is 2. The van der Waals surface area contributed by atoms with Gasteiger partial charge in [0.25, 0.3) is 0 Å². The molecule has 2 heteroatoms. The highest BCUT2D eigenvalue weighted by molar-refractivity contribution is 5.36. The van der Waals surface area contributed by atoms with Crippen LogP contribution in [0.3, 0.4) is 0 Å². The fourth-order valence-electron chi connectivity index (χ4n) is 2.54. The fourth-order valence-corrected chi connectivity index (χ4v) is 2.54. The summed E-state index contributed by atoms with van der Waals surface area (Å²) in [6, 6.07) is 0.416. The molecule has 1 aromatic rings. The Bertz CT molecular complexity index is 398. The summed E-state index contributed by atoms with van der Waals surface area (Å²) in [5.41, 5.74) is 4.26.